The first-order chi connectivity index (χ1) is 12.3. The second kappa shape index (κ2) is 21.1. The zero-order valence-electron chi connectivity index (χ0n) is 16.6. The highest BCUT2D eigenvalue weighted by Gasteiger charge is 2.11. The van der Waals surface area contributed by atoms with Crippen LogP contribution >= 0.6 is 20.5 Å². The van der Waals surface area contributed by atoms with Crippen molar-refractivity contribution in [3.05, 3.63) is 0 Å². The molecule has 0 N–H and O–H groups in total. The summed E-state index contributed by atoms with van der Waals surface area (Å²) in [6.45, 7) is 6.22. The average molecular weight is 410 g/mol. The number of rotatable bonds is 20. The molecule has 0 rings (SSSR count). The van der Waals surface area contributed by atoms with E-state index in [4.69, 9.17) is 20.5 Å². The quantitative estimate of drug-likeness (QED) is 0.0963. The highest BCUT2D eigenvalue weighted by molar-refractivity contribution is 7.94. The standard InChI is InChI=1S/C20H41O2PS2/c1-3-5-9-13-19(17-21-23-25)15-11-7-8-12-16-20(18-22-24)14-10-6-4-2/h19-20,24H,3-18H2,1-2H3/p+1. The molecule has 3 atom stereocenters. The molecule has 3 unspecified atom stereocenters. The van der Waals surface area contributed by atoms with Crippen molar-refractivity contribution < 1.29 is 8.71 Å². The predicted molar refractivity (Wildman–Crippen MR) is 120 cm³/mol. The van der Waals surface area contributed by atoms with Gasteiger partial charge in [-0.25, -0.2) is 0 Å². The molecule has 2 nitrogen and oxygen atoms in total. The van der Waals surface area contributed by atoms with Crippen LogP contribution in [0, 0.1) is 11.8 Å². The minimum Gasteiger partial charge on any atom is -0.318 e. The van der Waals surface area contributed by atoms with Crippen molar-refractivity contribution in [3.8, 4) is 0 Å². The van der Waals surface area contributed by atoms with Gasteiger partial charge in [-0.15, -0.1) is 0 Å². The van der Waals surface area contributed by atoms with Crippen LogP contribution in [0.25, 0.3) is 0 Å². The van der Waals surface area contributed by atoms with Crippen molar-refractivity contribution in [1.82, 2.24) is 0 Å². The van der Waals surface area contributed by atoms with Gasteiger partial charge in [0, 0.05) is 0 Å². The predicted octanol–water partition coefficient (Wildman–Crippen LogP) is 7.65. The SMILES string of the molecule is CCCCCC(CCCCCCC(CCCCC)CO[PH+]=S)COS. The molecule has 0 aliphatic heterocycles. The van der Waals surface area contributed by atoms with Gasteiger partial charge in [-0.1, -0.05) is 78.1 Å². The molecule has 0 amide bonds. The molecule has 0 fully saturated rings. The van der Waals surface area contributed by atoms with Gasteiger partial charge in [0.2, 0.25) is 0 Å². The summed E-state index contributed by atoms with van der Waals surface area (Å²) in [6, 6.07) is 0. The molecule has 5 heteroatoms. The van der Waals surface area contributed by atoms with Crippen LogP contribution in [0.15, 0.2) is 0 Å². The summed E-state index contributed by atoms with van der Waals surface area (Å²) < 4.78 is 10.6. The first-order valence-corrected chi connectivity index (χ1v) is 12.9. The smallest absolute Gasteiger partial charge is 0.318 e. The largest absolute Gasteiger partial charge is 0.322 e. The summed E-state index contributed by atoms with van der Waals surface area (Å²) in [5, 5.41) is 0. The molecule has 0 aliphatic rings. The Bertz CT molecular complexity index is 280. The van der Waals surface area contributed by atoms with Crippen molar-refractivity contribution in [2.45, 2.75) is 104 Å². The maximum Gasteiger partial charge on any atom is 0.322 e. The molecule has 0 aromatic carbocycles. The van der Waals surface area contributed by atoms with E-state index in [2.05, 4.69) is 26.8 Å². The minimum atomic E-state index is 0.223. The number of thiol groups is 1. The van der Waals surface area contributed by atoms with Gasteiger partial charge in [0.1, 0.15) is 6.61 Å². The van der Waals surface area contributed by atoms with Gasteiger partial charge in [-0.05, 0) is 50.4 Å². The molecule has 150 valence electrons. The lowest BCUT2D eigenvalue weighted by Crippen LogP contribution is -2.08. The van der Waals surface area contributed by atoms with E-state index >= 15 is 0 Å². The fourth-order valence-corrected chi connectivity index (χ4v) is 4.18. The van der Waals surface area contributed by atoms with Crippen LogP contribution < -0.4 is 0 Å². The normalized spacial score (nSPS) is 14.0. The lowest BCUT2D eigenvalue weighted by atomic mass is 9.93. The van der Waals surface area contributed by atoms with Crippen LogP contribution in [0.1, 0.15) is 104 Å². The van der Waals surface area contributed by atoms with Gasteiger partial charge in [0.15, 0.2) is 11.8 Å². The molecule has 25 heavy (non-hydrogen) atoms. The van der Waals surface area contributed by atoms with E-state index < -0.39 is 0 Å². The molecule has 0 radical (unpaired) electrons. The van der Waals surface area contributed by atoms with Gasteiger partial charge < -0.3 is 4.18 Å². The molecule has 0 spiro atoms. The zero-order valence-corrected chi connectivity index (χ0v) is 19.4. The maximum atomic E-state index is 5.53. The van der Waals surface area contributed by atoms with Crippen molar-refractivity contribution >= 4 is 32.3 Å². The van der Waals surface area contributed by atoms with Crippen molar-refractivity contribution in [2.75, 3.05) is 13.2 Å². The van der Waals surface area contributed by atoms with Crippen LogP contribution in [0.2, 0.25) is 0 Å². The second-order valence-electron chi connectivity index (χ2n) is 7.41. The molecule has 0 saturated heterocycles. The van der Waals surface area contributed by atoms with Gasteiger partial charge in [0.25, 0.3) is 0 Å². The van der Waals surface area contributed by atoms with E-state index in [1.54, 1.807) is 0 Å². The topological polar surface area (TPSA) is 18.5 Å². The highest BCUT2D eigenvalue weighted by atomic mass is 32.4. The Balaban J connectivity index is 3.77. The number of unbranched alkanes of at least 4 members (excludes halogenated alkanes) is 7. The summed E-state index contributed by atoms with van der Waals surface area (Å²) in [6.07, 6.45) is 18.5. The first-order valence-electron chi connectivity index (χ1n) is 10.5. The second-order valence-corrected chi connectivity index (χ2v) is 8.62. The van der Waals surface area contributed by atoms with Crippen molar-refractivity contribution in [3.63, 3.8) is 0 Å². The Morgan fingerprint density at radius 2 is 1.16 bits per heavy atom. The Kier molecular flexibility index (Phi) is 21.8. The summed E-state index contributed by atoms with van der Waals surface area (Å²) in [5.74, 6) is 1.42. The minimum absolute atomic E-state index is 0.223. The van der Waals surface area contributed by atoms with Gasteiger partial charge in [-0.2, -0.15) is 4.52 Å². The third kappa shape index (κ3) is 17.9. The van der Waals surface area contributed by atoms with Gasteiger partial charge >= 0.3 is 7.58 Å². The third-order valence-corrected chi connectivity index (χ3v) is 5.88. The van der Waals surface area contributed by atoms with E-state index in [1.807, 2.05) is 0 Å². The summed E-state index contributed by atoms with van der Waals surface area (Å²) in [4.78, 5) is 0. The van der Waals surface area contributed by atoms with E-state index in [0.29, 0.717) is 5.92 Å². The average Bonchev–Trinajstić information content (AvgIpc) is 2.62. The summed E-state index contributed by atoms with van der Waals surface area (Å²) in [7, 11) is 0.223. The molecular formula is C20H42O2PS2+. The van der Waals surface area contributed by atoms with Crippen molar-refractivity contribution in [2.24, 2.45) is 11.8 Å². The Morgan fingerprint density at radius 1 is 0.720 bits per heavy atom. The zero-order chi connectivity index (χ0) is 18.6. The fraction of sp³-hybridized carbons (Fsp3) is 1.00. The van der Waals surface area contributed by atoms with Gasteiger partial charge in [-0.3, -0.25) is 0 Å². The first kappa shape index (κ1) is 25.8. The van der Waals surface area contributed by atoms with Crippen LogP contribution in [0.3, 0.4) is 0 Å². The lowest BCUT2D eigenvalue weighted by molar-refractivity contribution is 0.249. The van der Waals surface area contributed by atoms with E-state index in [9.17, 15) is 0 Å². The number of hydrogen-bond donors (Lipinski definition) is 1. The molecule has 0 aromatic heterocycles. The van der Waals surface area contributed by atoms with Crippen LogP contribution in [-0.2, 0) is 20.5 Å². The Labute approximate surface area is 169 Å². The fourth-order valence-electron chi connectivity index (χ4n) is 3.46. The van der Waals surface area contributed by atoms with Crippen molar-refractivity contribution in [1.29, 1.82) is 0 Å². The van der Waals surface area contributed by atoms with Crippen LogP contribution in [0.5, 0.6) is 0 Å². The lowest BCUT2D eigenvalue weighted by Gasteiger charge is -2.16. The Morgan fingerprint density at radius 3 is 1.56 bits per heavy atom. The number of hydrogen-bond acceptors (Lipinski definition) is 4. The monoisotopic (exact) mass is 409 g/mol. The Hall–Kier alpha value is 0.790. The maximum absolute atomic E-state index is 5.53. The summed E-state index contributed by atoms with van der Waals surface area (Å²) >= 11 is 8.90. The molecule has 0 saturated carbocycles. The third-order valence-electron chi connectivity index (χ3n) is 5.09. The van der Waals surface area contributed by atoms with Crippen LogP contribution in [-0.4, -0.2) is 13.2 Å². The molecule has 0 aliphatic carbocycles. The van der Waals surface area contributed by atoms with Crippen LogP contribution in [0.4, 0.5) is 0 Å². The van der Waals surface area contributed by atoms with Gasteiger partial charge in [0.05, 0.1) is 6.61 Å². The molecule has 0 aromatic rings. The molecule has 0 bridgehead atoms. The van der Waals surface area contributed by atoms with E-state index in [0.717, 1.165) is 19.1 Å². The van der Waals surface area contributed by atoms with E-state index in [-0.39, 0.29) is 7.58 Å². The van der Waals surface area contributed by atoms with E-state index in [1.165, 1.54) is 89.9 Å². The summed E-state index contributed by atoms with van der Waals surface area (Å²) in [5.41, 5.74) is 0. The molecule has 0 heterocycles. The highest BCUT2D eigenvalue weighted by Crippen LogP contribution is 2.22. The molecular weight excluding hydrogens is 367 g/mol.